The maximum atomic E-state index is 4.71. The normalized spacial score (nSPS) is 16.2. The van der Waals surface area contributed by atoms with E-state index in [1.165, 1.54) is 22.3 Å². The highest BCUT2D eigenvalue weighted by molar-refractivity contribution is 5.83. The summed E-state index contributed by atoms with van der Waals surface area (Å²) in [5.41, 5.74) is 10.9. The second-order valence-corrected chi connectivity index (χ2v) is 10.8. The summed E-state index contributed by atoms with van der Waals surface area (Å²) in [6, 6.07) is 0. The molecule has 0 aromatic carbocycles. The van der Waals surface area contributed by atoms with Crippen molar-refractivity contribution < 1.29 is 0 Å². The fourth-order valence-electron chi connectivity index (χ4n) is 3.50. The minimum absolute atomic E-state index is 0.848. The molecule has 0 fully saturated rings. The Labute approximate surface area is 276 Å². The molecule has 0 bridgehead atoms. The molecular formula is C43H56N2. The third kappa shape index (κ3) is 20.1. The molecule has 0 radical (unpaired) electrons. The predicted molar refractivity (Wildman–Crippen MR) is 207 cm³/mol. The van der Waals surface area contributed by atoms with E-state index in [-0.39, 0.29) is 0 Å². The zero-order valence-corrected chi connectivity index (χ0v) is 29.7. The number of hydrogen-bond donors (Lipinski definition) is 0. The highest BCUT2D eigenvalue weighted by atomic mass is 14.7. The first-order valence-corrected chi connectivity index (χ1v) is 15.6. The first-order valence-electron chi connectivity index (χ1n) is 15.6. The summed E-state index contributed by atoms with van der Waals surface area (Å²) < 4.78 is 0. The van der Waals surface area contributed by atoms with Crippen LogP contribution in [0.5, 0.6) is 0 Å². The molecule has 0 unspecified atom stereocenters. The van der Waals surface area contributed by atoms with Gasteiger partial charge < -0.3 is 0 Å². The maximum absolute atomic E-state index is 4.71. The van der Waals surface area contributed by atoms with Crippen LogP contribution >= 0.6 is 0 Å². The van der Waals surface area contributed by atoms with Crippen LogP contribution in [0.2, 0.25) is 0 Å². The molecule has 0 aliphatic heterocycles. The van der Waals surface area contributed by atoms with Crippen LogP contribution in [0.4, 0.5) is 0 Å². The zero-order valence-electron chi connectivity index (χ0n) is 29.7. The molecule has 0 saturated carbocycles. The molecule has 0 aromatic heterocycles. The average Bonchev–Trinajstić information content (AvgIpc) is 3.02. The summed E-state index contributed by atoms with van der Waals surface area (Å²) in [7, 11) is 0. The lowest BCUT2D eigenvalue weighted by atomic mass is 10.0. The third-order valence-electron chi connectivity index (χ3n) is 6.20. The molecule has 0 rings (SSSR count). The fourth-order valence-corrected chi connectivity index (χ4v) is 3.50. The lowest BCUT2D eigenvalue weighted by molar-refractivity contribution is 1.30. The molecule has 0 spiro atoms. The van der Waals surface area contributed by atoms with Gasteiger partial charge in [-0.15, -0.1) is 0 Å². The van der Waals surface area contributed by atoms with E-state index in [1.807, 2.05) is 90.4 Å². The molecule has 0 aliphatic rings. The van der Waals surface area contributed by atoms with E-state index in [9.17, 15) is 0 Å². The summed E-state index contributed by atoms with van der Waals surface area (Å²) >= 11 is 0. The van der Waals surface area contributed by atoms with E-state index in [1.54, 1.807) is 0 Å². The van der Waals surface area contributed by atoms with Crippen LogP contribution in [0.1, 0.15) is 76.2 Å². The van der Waals surface area contributed by atoms with Gasteiger partial charge in [-0.3, -0.25) is 9.98 Å². The third-order valence-corrected chi connectivity index (χ3v) is 6.20. The molecule has 0 amide bonds. The second-order valence-electron chi connectivity index (χ2n) is 10.8. The van der Waals surface area contributed by atoms with Crippen molar-refractivity contribution in [1.82, 2.24) is 0 Å². The Morgan fingerprint density at radius 1 is 0.467 bits per heavy atom. The van der Waals surface area contributed by atoms with Gasteiger partial charge in [0, 0.05) is 18.1 Å². The first kappa shape index (κ1) is 40.4. The van der Waals surface area contributed by atoms with E-state index in [0.29, 0.717) is 0 Å². The largest absolute Gasteiger partial charge is 0.261 e. The van der Waals surface area contributed by atoms with Crippen molar-refractivity contribution >= 4 is 12.4 Å². The summed E-state index contributed by atoms with van der Waals surface area (Å²) in [4.78, 5) is 9.40. The van der Waals surface area contributed by atoms with Gasteiger partial charge in [-0.2, -0.15) is 0 Å². The van der Waals surface area contributed by atoms with Gasteiger partial charge in [0.2, 0.25) is 0 Å². The number of rotatable bonds is 16. The van der Waals surface area contributed by atoms with Gasteiger partial charge in [0.1, 0.15) is 0 Å². The lowest BCUT2D eigenvalue weighted by Gasteiger charge is -2.01. The molecule has 0 saturated heterocycles. The van der Waals surface area contributed by atoms with Crippen LogP contribution in [-0.4, -0.2) is 12.4 Å². The number of aliphatic imine (C=N–C) groups is 2. The van der Waals surface area contributed by atoms with Gasteiger partial charge in [-0.1, -0.05) is 115 Å². The lowest BCUT2D eigenvalue weighted by Crippen LogP contribution is -1.84. The summed E-state index contributed by atoms with van der Waals surface area (Å²) in [5, 5.41) is 0. The van der Waals surface area contributed by atoms with Crippen molar-refractivity contribution in [3.63, 3.8) is 0 Å². The number of nitrogens with zero attached hydrogens (tertiary/aromatic N) is 2. The van der Waals surface area contributed by atoms with Gasteiger partial charge in [-0.05, 0) is 128 Å². The molecule has 0 N–H and O–H groups in total. The highest BCUT2D eigenvalue weighted by Gasteiger charge is 1.96. The number of hydrogen-bond acceptors (Lipinski definition) is 2. The Bertz CT molecular complexity index is 1460. The second kappa shape index (κ2) is 24.8. The Balaban J connectivity index is 6.09. The molecule has 2 nitrogen and oxygen atoms in total. The molecule has 0 heterocycles. The van der Waals surface area contributed by atoms with Crippen molar-refractivity contribution in [3.8, 4) is 0 Å². The Kier molecular flexibility index (Phi) is 22.3. The van der Waals surface area contributed by atoms with E-state index in [4.69, 9.17) is 9.98 Å². The predicted octanol–water partition coefficient (Wildman–Crippen LogP) is 12.9. The quantitative estimate of drug-likeness (QED) is 0.124. The molecule has 0 atom stereocenters. The Hall–Kier alpha value is -4.56. The molecule has 0 aliphatic carbocycles. The maximum Gasteiger partial charge on any atom is 0.0627 e. The molecule has 238 valence electrons. The van der Waals surface area contributed by atoms with Crippen molar-refractivity contribution in [2.24, 2.45) is 9.98 Å². The van der Waals surface area contributed by atoms with Crippen LogP contribution in [0.15, 0.2) is 188 Å². The first-order chi connectivity index (χ1) is 21.5. The van der Waals surface area contributed by atoms with E-state index >= 15 is 0 Å². The molecule has 45 heavy (non-hydrogen) atoms. The van der Waals surface area contributed by atoms with Gasteiger partial charge in [0.05, 0.1) is 5.70 Å². The van der Waals surface area contributed by atoms with E-state index < -0.39 is 0 Å². The van der Waals surface area contributed by atoms with Crippen LogP contribution in [-0.2, 0) is 0 Å². The molecular weight excluding hydrogens is 544 g/mol. The smallest absolute Gasteiger partial charge is 0.0627 e. The van der Waals surface area contributed by atoms with E-state index in [2.05, 4.69) is 120 Å². The SMILES string of the molecule is C=C\C(C)=C/C=C(C)/C(/C=C\C)=C/C=C(C)/C=N/C(/C=C\C)=C/C=C(C)/N=C\C(\C=C/C)=C\C=C(C)\C(\C=C/C)=C\C=C(C)C. The topological polar surface area (TPSA) is 24.7 Å². The Morgan fingerprint density at radius 3 is 1.53 bits per heavy atom. The van der Waals surface area contributed by atoms with Gasteiger partial charge in [0.15, 0.2) is 0 Å². The molecule has 0 aromatic rings. The standard InChI is InChI=1S/C43H56N2/c1-13-18-40(28-26-38(11)41(19-14-2)29-22-34(6)7)33-44-39(12)27-31-43(21-16-4)45-32-36(9)24-30-42(20-15-3)37(10)25-23-35(8)17-5/h13-33H,5H2,1-4,6-12H3/b18-13-,19-14-,20-15-,21-16-,35-23-,36-24+,37-25+,38-26+,39-27+,40-28+,41-29+,42-30+,43-31+,44-33-,45-32+. The summed E-state index contributed by atoms with van der Waals surface area (Å²) in [5.74, 6) is 0. The van der Waals surface area contributed by atoms with Crippen LogP contribution in [0, 0.1) is 0 Å². The zero-order chi connectivity index (χ0) is 34.0. The average molecular weight is 601 g/mol. The van der Waals surface area contributed by atoms with Crippen LogP contribution in [0.25, 0.3) is 0 Å². The summed E-state index contributed by atoms with van der Waals surface area (Å²) in [6.07, 6.45) is 42.9. The van der Waals surface area contributed by atoms with Crippen molar-refractivity contribution in [3.05, 3.63) is 178 Å². The van der Waals surface area contributed by atoms with Crippen LogP contribution in [0.3, 0.4) is 0 Å². The number of allylic oxidation sites excluding steroid dienone is 28. The van der Waals surface area contributed by atoms with Crippen molar-refractivity contribution in [2.75, 3.05) is 0 Å². The van der Waals surface area contributed by atoms with Gasteiger partial charge >= 0.3 is 0 Å². The highest BCUT2D eigenvalue weighted by Crippen LogP contribution is 2.15. The molecule has 2 heteroatoms. The monoisotopic (exact) mass is 600 g/mol. The van der Waals surface area contributed by atoms with Gasteiger partial charge in [-0.25, -0.2) is 0 Å². The fraction of sp³-hybridized carbons (Fsp3) is 0.256. The van der Waals surface area contributed by atoms with Crippen LogP contribution < -0.4 is 0 Å². The minimum atomic E-state index is 0.848. The Morgan fingerprint density at radius 2 is 1.00 bits per heavy atom. The van der Waals surface area contributed by atoms with E-state index in [0.717, 1.165) is 33.7 Å². The van der Waals surface area contributed by atoms with Crippen molar-refractivity contribution in [2.45, 2.75) is 76.2 Å². The van der Waals surface area contributed by atoms with Gasteiger partial charge in [0.25, 0.3) is 0 Å². The minimum Gasteiger partial charge on any atom is -0.261 e. The van der Waals surface area contributed by atoms with Crippen molar-refractivity contribution in [1.29, 1.82) is 0 Å². The summed E-state index contributed by atoms with van der Waals surface area (Å²) in [6.45, 7) is 26.4.